The van der Waals surface area contributed by atoms with E-state index in [1.54, 1.807) is 22.9 Å². The SMILES string of the molecule is CPN1CCO[C@H](Cn2cccc(Nc3nn(-c4ccc(OC(F)(F)F)cc4)c(=O)c4c3CCC4)c2=O)C1. The minimum Gasteiger partial charge on any atom is -0.406 e. The maximum Gasteiger partial charge on any atom is 0.573 e. The minimum atomic E-state index is -4.82. The summed E-state index contributed by atoms with van der Waals surface area (Å²) in [5.41, 5.74) is 1.32. The van der Waals surface area contributed by atoms with Gasteiger partial charge in [0.25, 0.3) is 11.1 Å². The zero-order valence-corrected chi connectivity index (χ0v) is 21.6. The molecule has 3 aromatic rings. The molecule has 0 saturated carbocycles. The van der Waals surface area contributed by atoms with Gasteiger partial charge in [0.15, 0.2) is 5.82 Å². The Morgan fingerprint density at radius 3 is 2.63 bits per heavy atom. The van der Waals surface area contributed by atoms with Crippen molar-refractivity contribution in [2.24, 2.45) is 0 Å². The molecule has 1 fully saturated rings. The van der Waals surface area contributed by atoms with Gasteiger partial charge in [-0.3, -0.25) is 14.3 Å². The van der Waals surface area contributed by atoms with Gasteiger partial charge in [0.05, 0.1) is 24.9 Å². The lowest BCUT2D eigenvalue weighted by molar-refractivity contribution is -0.274. The van der Waals surface area contributed by atoms with E-state index in [2.05, 4.69) is 26.5 Å². The van der Waals surface area contributed by atoms with Crippen LogP contribution in [0.2, 0.25) is 0 Å². The van der Waals surface area contributed by atoms with Crippen molar-refractivity contribution in [1.82, 2.24) is 19.0 Å². The highest BCUT2D eigenvalue weighted by Gasteiger charge is 2.31. The predicted octanol–water partition coefficient (Wildman–Crippen LogP) is 3.45. The Kier molecular flexibility index (Phi) is 7.56. The van der Waals surface area contributed by atoms with Gasteiger partial charge in [-0.1, -0.05) is 8.73 Å². The Labute approximate surface area is 218 Å². The Hall–Kier alpha value is -3.21. The highest BCUT2D eigenvalue weighted by atomic mass is 31.1. The normalized spacial score (nSPS) is 18.2. The van der Waals surface area contributed by atoms with E-state index in [1.165, 1.54) is 12.1 Å². The minimum absolute atomic E-state index is 0.0993. The Morgan fingerprint density at radius 1 is 1.13 bits per heavy atom. The summed E-state index contributed by atoms with van der Waals surface area (Å²) in [4.78, 5) is 26.5. The van der Waals surface area contributed by atoms with Gasteiger partial charge in [0, 0.05) is 30.4 Å². The molecular formula is C25H27F3N5O4P. The summed E-state index contributed by atoms with van der Waals surface area (Å²) in [6.07, 6.45) is -1.26. The fraction of sp³-hybridized carbons (Fsp3) is 0.400. The van der Waals surface area contributed by atoms with Crippen LogP contribution in [0.25, 0.3) is 5.69 Å². The van der Waals surface area contributed by atoms with Crippen LogP contribution in [0.1, 0.15) is 17.5 Å². The highest BCUT2D eigenvalue weighted by Crippen LogP contribution is 2.28. The lowest BCUT2D eigenvalue weighted by Crippen LogP contribution is -2.41. The molecule has 1 aliphatic heterocycles. The first-order chi connectivity index (χ1) is 18.2. The third-order valence-electron chi connectivity index (χ3n) is 6.60. The molecule has 5 rings (SSSR count). The summed E-state index contributed by atoms with van der Waals surface area (Å²) in [5.74, 6) is -0.0297. The van der Waals surface area contributed by atoms with Crippen molar-refractivity contribution in [2.75, 3.05) is 31.7 Å². The van der Waals surface area contributed by atoms with Gasteiger partial charge in [-0.2, -0.15) is 4.68 Å². The van der Waals surface area contributed by atoms with Gasteiger partial charge < -0.3 is 19.4 Å². The first-order valence-electron chi connectivity index (χ1n) is 12.2. The van der Waals surface area contributed by atoms with Crippen LogP contribution < -0.4 is 21.2 Å². The Bertz CT molecular complexity index is 1420. The Morgan fingerprint density at radius 2 is 1.89 bits per heavy atom. The molecule has 0 bridgehead atoms. The van der Waals surface area contributed by atoms with Crippen LogP contribution in [0.4, 0.5) is 24.7 Å². The van der Waals surface area contributed by atoms with Crippen LogP contribution in [0.15, 0.2) is 52.2 Å². The zero-order valence-electron chi connectivity index (χ0n) is 20.6. The number of hydrogen-bond acceptors (Lipinski definition) is 7. The maximum absolute atomic E-state index is 13.3. The summed E-state index contributed by atoms with van der Waals surface area (Å²) in [5, 5.41) is 7.60. The van der Waals surface area contributed by atoms with Gasteiger partial charge in [-0.15, -0.1) is 18.3 Å². The van der Waals surface area contributed by atoms with Crippen molar-refractivity contribution in [1.29, 1.82) is 0 Å². The van der Waals surface area contributed by atoms with E-state index in [0.29, 0.717) is 51.8 Å². The number of halogens is 3. The third-order valence-corrected chi connectivity index (χ3v) is 7.64. The first-order valence-corrected chi connectivity index (χ1v) is 13.7. The van der Waals surface area contributed by atoms with Gasteiger partial charge in [-0.05, 0) is 62.3 Å². The van der Waals surface area contributed by atoms with Crippen molar-refractivity contribution in [3.05, 3.63) is 74.4 Å². The van der Waals surface area contributed by atoms with Crippen molar-refractivity contribution >= 4 is 20.2 Å². The molecule has 13 heteroatoms. The number of pyridine rings is 1. The second-order valence-corrected chi connectivity index (χ2v) is 10.2. The zero-order chi connectivity index (χ0) is 26.9. The molecule has 0 amide bonds. The van der Waals surface area contributed by atoms with Gasteiger partial charge >= 0.3 is 6.36 Å². The molecule has 1 saturated heterocycles. The summed E-state index contributed by atoms with van der Waals surface area (Å²) in [6.45, 7) is 4.79. The number of benzene rings is 1. The Balaban J connectivity index is 1.44. The second kappa shape index (κ2) is 10.9. The number of aromatic nitrogens is 3. The average molecular weight is 549 g/mol. The lowest BCUT2D eigenvalue weighted by atomic mass is 10.2. The fourth-order valence-corrected chi connectivity index (χ4v) is 5.50. The van der Waals surface area contributed by atoms with E-state index < -0.39 is 12.1 Å². The summed E-state index contributed by atoms with van der Waals surface area (Å²) in [7, 11) is 0.675. The number of anilines is 2. The molecule has 0 spiro atoms. The number of hydrogen-bond donors (Lipinski definition) is 1. The van der Waals surface area contributed by atoms with E-state index in [-0.39, 0.29) is 22.9 Å². The molecule has 9 nitrogen and oxygen atoms in total. The van der Waals surface area contributed by atoms with E-state index in [4.69, 9.17) is 4.74 Å². The molecule has 3 heterocycles. The van der Waals surface area contributed by atoms with Crippen LogP contribution in [-0.2, 0) is 24.1 Å². The van der Waals surface area contributed by atoms with Crippen LogP contribution >= 0.6 is 8.73 Å². The molecule has 2 atom stereocenters. The summed E-state index contributed by atoms with van der Waals surface area (Å²) in [6, 6.07) is 8.34. The summed E-state index contributed by atoms with van der Waals surface area (Å²) < 4.78 is 52.4. The number of nitrogens with one attached hydrogen (secondary N) is 1. The van der Waals surface area contributed by atoms with E-state index in [9.17, 15) is 22.8 Å². The smallest absolute Gasteiger partial charge is 0.406 e. The van der Waals surface area contributed by atoms with Crippen LogP contribution in [-0.4, -0.2) is 57.8 Å². The number of rotatable bonds is 7. The molecule has 202 valence electrons. The molecular weight excluding hydrogens is 522 g/mol. The van der Waals surface area contributed by atoms with Crippen LogP contribution in [0.5, 0.6) is 5.75 Å². The van der Waals surface area contributed by atoms with Gasteiger partial charge in [0.1, 0.15) is 11.4 Å². The highest BCUT2D eigenvalue weighted by molar-refractivity contribution is 7.34. The molecule has 1 unspecified atom stereocenters. The number of ether oxygens (including phenoxy) is 2. The van der Waals surface area contributed by atoms with Crippen molar-refractivity contribution in [2.45, 2.75) is 38.3 Å². The van der Waals surface area contributed by atoms with Crippen molar-refractivity contribution in [3.8, 4) is 11.4 Å². The first kappa shape index (κ1) is 26.4. The topological polar surface area (TPSA) is 90.6 Å². The third kappa shape index (κ3) is 5.77. The molecule has 2 aliphatic rings. The van der Waals surface area contributed by atoms with Gasteiger partial charge in [0.2, 0.25) is 0 Å². The standard InChI is InChI=1S/C25H27F3N5O4P/c1-38-32-12-13-36-18(15-32)14-31-11-3-6-21(24(31)35)29-22-19-4-2-5-20(19)23(34)33(30-22)16-7-9-17(10-8-16)37-25(26,27)28/h3,6-11,18,38H,2,4-5,12-15H2,1H3,(H,29,30)/t18-/m1/s1. The number of nitrogens with zero attached hydrogens (tertiary/aromatic N) is 4. The summed E-state index contributed by atoms with van der Waals surface area (Å²) >= 11 is 0. The van der Waals surface area contributed by atoms with Crippen LogP contribution in [0, 0.1) is 0 Å². The van der Waals surface area contributed by atoms with Crippen molar-refractivity contribution in [3.63, 3.8) is 0 Å². The quantitative estimate of drug-likeness (QED) is 0.452. The molecule has 38 heavy (non-hydrogen) atoms. The number of alkyl halides is 3. The lowest BCUT2D eigenvalue weighted by Gasteiger charge is -2.32. The maximum atomic E-state index is 13.3. The molecule has 1 N–H and O–H groups in total. The molecule has 2 aromatic heterocycles. The van der Waals surface area contributed by atoms with E-state index in [1.807, 2.05) is 0 Å². The molecule has 0 radical (unpaired) electrons. The van der Waals surface area contributed by atoms with Gasteiger partial charge in [-0.25, -0.2) is 0 Å². The fourth-order valence-electron chi connectivity index (χ4n) is 4.79. The predicted molar refractivity (Wildman–Crippen MR) is 138 cm³/mol. The molecule has 1 aromatic carbocycles. The number of fused-ring (bicyclic) bond motifs is 1. The second-order valence-electron chi connectivity index (χ2n) is 9.08. The largest absolute Gasteiger partial charge is 0.573 e. The molecule has 1 aliphatic carbocycles. The van der Waals surface area contributed by atoms with Crippen LogP contribution in [0.3, 0.4) is 0 Å². The van der Waals surface area contributed by atoms with Crippen molar-refractivity contribution < 1.29 is 22.6 Å². The van der Waals surface area contributed by atoms with E-state index >= 15 is 0 Å². The monoisotopic (exact) mass is 549 g/mol. The number of morpholine rings is 1. The van der Waals surface area contributed by atoms with E-state index in [0.717, 1.165) is 41.9 Å². The average Bonchev–Trinajstić information content (AvgIpc) is 3.39.